The molecular weight excluding hydrogens is 450 g/mol. The number of esters is 1. The van der Waals surface area contributed by atoms with Crippen LogP contribution in [0.15, 0.2) is 71.9 Å². The van der Waals surface area contributed by atoms with Gasteiger partial charge in [0.05, 0.1) is 24.9 Å². The average molecular weight is 494 g/mol. The summed E-state index contributed by atoms with van der Waals surface area (Å²) in [5.74, 6) is 2.98. The zero-order valence-corrected chi connectivity index (χ0v) is 22.4. The van der Waals surface area contributed by atoms with Crippen molar-refractivity contribution in [3.8, 4) is 12.3 Å². The van der Waals surface area contributed by atoms with E-state index in [4.69, 9.17) is 15.9 Å². The maximum absolute atomic E-state index is 11.3. The third-order valence-corrected chi connectivity index (χ3v) is 6.54. The maximum atomic E-state index is 11.3. The third kappa shape index (κ3) is 10.1. The summed E-state index contributed by atoms with van der Waals surface area (Å²) >= 11 is 0. The van der Waals surface area contributed by atoms with Crippen LogP contribution in [0.3, 0.4) is 0 Å². The second-order valence-corrected chi connectivity index (χ2v) is 9.90. The lowest BCUT2D eigenvalue weighted by Crippen LogP contribution is -2.51. The van der Waals surface area contributed by atoms with Gasteiger partial charge in [-0.15, -0.1) is 6.42 Å². The quantitative estimate of drug-likeness (QED) is 0.179. The van der Waals surface area contributed by atoms with Gasteiger partial charge in [0, 0.05) is 24.5 Å². The minimum absolute atomic E-state index is 0.0593. The fourth-order valence-corrected chi connectivity index (χ4v) is 4.67. The first-order valence-electron chi connectivity index (χ1n) is 12.9. The molecule has 2 N–H and O–H groups in total. The molecule has 0 spiro atoms. The predicted octanol–water partition coefficient (Wildman–Crippen LogP) is 5.21. The molecule has 0 saturated carbocycles. The molecular formula is C31H43NO4. The van der Waals surface area contributed by atoms with Gasteiger partial charge in [0.25, 0.3) is 0 Å². The monoisotopic (exact) mass is 493 g/mol. The van der Waals surface area contributed by atoms with Gasteiger partial charge in [-0.25, -0.2) is 4.79 Å². The van der Waals surface area contributed by atoms with Gasteiger partial charge >= 0.3 is 5.97 Å². The number of carbonyl (C=O) groups excluding carboxylic acids is 1. The van der Waals surface area contributed by atoms with Crippen LogP contribution in [0, 0.1) is 24.2 Å². The molecule has 36 heavy (non-hydrogen) atoms. The van der Waals surface area contributed by atoms with E-state index in [2.05, 4.69) is 51.1 Å². The predicted molar refractivity (Wildman–Crippen MR) is 147 cm³/mol. The molecule has 5 nitrogen and oxygen atoms in total. The van der Waals surface area contributed by atoms with Crippen LogP contribution in [0.2, 0.25) is 0 Å². The Morgan fingerprint density at radius 3 is 2.83 bits per heavy atom. The highest BCUT2D eigenvalue weighted by Gasteiger charge is 2.36. The largest absolute Gasteiger partial charge is 0.455 e. The third-order valence-electron chi connectivity index (χ3n) is 6.54. The molecule has 0 amide bonds. The summed E-state index contributed by atoms with van der Waals surface area (Å²) < 4.78 is 11.5. The summed E-state index contributed by atoms with van der Waals surface area (Å²) in [6.07, 6.45) is 25.8. The summed E-state index contributed by atoms with van der Waals surface area (Å²) in [5, 5.41) is 14.2. The van der Waals surface area contributed by atoms with Crippen LogP contribution >= 0.6 is 0 Å². The molecule has 2 aliphatic heterocycles. The van der Waals surface area contributed by atoms with Gasteiger partial charge < -0.3 is 19.9 Å². The van der Waals surface area contributed by atoms with Crippen molar-refractivity contribution in [1.82, 2.24) is 5.32 Å². The first-order chi connectivity index (χ1) is 17.2. The van der Waals surface area contributed by atoms with E-state index < -0.39 is 6.10 Å². The van der Waals surface area contributed by atoms with Gasteiger partial charge in [0.15, 0.2) is 0 Å². The molecule has 2 heterocycles. The Balaban J connectivity index is 1.90. The lowest BCUT2D eigenvalue weighted by molar-refractivity contribution is -0.141. The van der Waals surface area contributed by atoms with Crippen LogP contribution in [0.4, 0.5) is 0 Å². The Kier molecular flexibility index (Phi) is 12.7. The van der Waals surface area contributed by atoms with Crippen molar-refractivity contribution in [3.63, 3.8) is 0 Å². The number of ether oxygens (including phenoxy) is 2. The van der Waals surface area contributed by atoms with E-state index in [1.165, 1.54) is 11.6 Å². The number of allylic oxidation sites excluding steroid dienone is 7. The van der Waals surface area contributed by atoms with Crippen molar-refractivity contribution in [1.29, 1.82) is 0 Å². The Morgan fingerprint density at radius 2 is 2.14 bits per heavy atom. The second kappa shape index (κ2) is 15.5. The zero-order valence-electron chi connectivity index (χ0n) is 22.4. The number of aliphatic hydroxyl groups is 1. The minimum Gasteiger partial charge on any atom is -0.455 e. The smallest absolute Gasteiger partial charge is 0.331 e. The Bertz CT molecular complexity index is 933. The summed E-state index contributed by atoms with van der Waals surface area (Å²) in [6.45, 7) is 11.0. The molecule has 1 saturated heterocycles. The molecule has 7 atom stereocenters. The number of cyclic esters (lactones) is 1. The molecule has 196 valence electrons. The molecule has 5 heteroatoms. The number of carbonyl (C=O) groups is 1. The van der Waals surface area contributed by atoms with Crippen molar-refractivity contribution in [3.05, 3.63) is 71.9 Å². The summed E-state index contributed by atoms with van der Waals surface area (Å²) in [6, 6.07) is 0.188. The zero-order chi connectivity index (χ0) is 26.5. The van der Waals surface area contributed by atoms with E-state index in [1.54, 1.807) is 0 Å². The Labute approximate surface area is 217 Å². The van der Waals surface area contributed by atoms with E-state index >= 15 is 0 Å². The molecule has 2 aliphatic rings. The van der Waals surface area contributed by atoms with Crippen LogP contribution in [0.25, 0.3) is 0 Å². The van der Waals surface area contributed by atoms with Gasteiger partial charge in [0.1, 0.15) is 6.10 Å². The van der Waals surface area contributed by atoms with Crippen LogP contribution in [0.1, 0.15) is 53.9 Å². The maximum Gasteiger partial charge on any atom is 0.331 e. The fourth-order valence-electron chi connectivity index (χ4n) is 4.67. The van der Waals surface area contributed by atoms with Crippen molar-refractivity contribution in [2.75, 3.05) is 6.54 Å². The number of terminal acetylenes is 1. The topological polar surface area (TPSA) is 67.8 Å². The number of hydrogen-bond acceptors (Lipinski definition) is 5. The van der Waals surface area contributed by atoms with Crippen molar-refractivity contribution in [2.24, 2.45) is 11.8 Å². The first kappa shape index (κ1) is 29.6. The van der Waals surface area contributed by atoms with Crippen molar-refractivity contribution in [2.45, 2.75) is 84.3 Å². The van der Waals surface area contributed by atoms with Crippen molar-refractivity contribution >= 4 is 5.97 Å². The van der Waals surface area contributed by atoms with Gasteiger partial charge in [-0.05, 0) is 45.6 Å². The first-order valence-corrected chi connectivity index (χ1v) is 12.9. The summed E-state index contributed by atoms with van der Waals surface area (Å²) in [4.78, 5) is 11.3. The van der Waals surface area contributed by atoms with E-state index in [9.17, 15) is 9.90 Å². The van der Waals surface area contributed by atoms with Crippen LogP contribution in [-0.4, -0.2) is 48.1 Å². The van der Waals surface area contributed by atoms with Crippen LogP contribution in [0.5, 0.6) is 0 Å². The van der Waals surface area contributed by atoms with Gasteiger partial charge in [-0.2, -0.15) is 0 Å². The highest BCUT2D eigenvalue weighted by molar-refractivity contribution is 5.82. The molecule has 0 aromatic heterocycles. The SMILES string of the molecule is C#CCNC1CC([C@H](O)/C=C/C=C(\C)C[C@@H](C)/C=C(C)\C=C\C2CC=CC(=O)O2)OC(/C=C/C)[C@H]1C. The summed E-state index contributed by atoms with van der Waals surface area (Å²) in [5.41, 5.74) is 2.36. The highest BCUT2D eigenvalue weighted by Crippen LogP contribution is 2.28. The molecule has 0 aliphatic carbocycles. The molecule has 0 aromatic carbocycles. The number of aliphatic hydroxyl groups excluding tert-OH is 1. The number of rotatable bonds is 11. The van der Waals surface area contributed by atoms with Gasteiger partial charge in [-0.3, -0.25) is 0 Å². The molecule has 2 rings (SSSR count). The lowest BCUT2D eigenvalue weighted by Gasteiger charge is -2.41. The normalized spacial score (nSPS) is 29.6. The van der Waals surface area contributed by atoms with Gasteiger partial charge in [-0.1, -0.05) is 79.5 Å². The Morgan fingerprint density at radius 1 is 1.36 bits per heavy atom. The van der Waals surface area contributed by atoms with E-state index in [1.807, 2.05) is 49.5 Å². The molecule has 4 unspecified atom stereocenters. The Hall–Kier alpha value is -2.65. The van der Waals surface area contributed by atoms with E-state index in [0.29, 0.717) is 25.3 Å². The standard InChI is InChI=1S/C31H43NO4/c1-7-11-29-25(6)27(32-18-8-2)21-30(36-29)28(33)14-9-12-22(3)19-24(5)20-23(4)16-17-26-13-10-15-31(34)35-26/h2,7,9-12,14-17,20,24-30,32-33H,13,18-19,21H2,1,3-6H3/b11-7+,14-9+,17-16+,22-12+,23-20-/t24-,25+,26?,27?,28-,29?,30?/m1/s1. The van der Waals surface area contributed by atoms with E-state index in [0.717, 1.165) is 12.0 Å². The fraction of sp³-hybridized carbons (Fsp3) is 0.516. The second-order valence-electron chi connectivity index (χ2n) is 9.90. The van der Waals surface area contributed by atoms with Crippen molar-refractivity contribution < 1.29 is 19.4 Å². The van der Waals surface area contributed by atoms with E-state index in [-0.39, 0.29) is 36.2 Å². The number of nitrogens with one attached hydrogen (secondary N) is 1. The summed E-state index contributed by atoms with van der Waals surface area (Å²) in [7, 11) is 0. The van der Waals surface area contributed by atoms with Crippen LogP contribution in [-0.2, 0) is 14.3 Å². The molecule has 0 radical (unpaired) electrons. The highest BCUT2D eigenvalue weighted by atomic mass is 16.5. The van der Waals surface area contributed by atoms with Crippen LogP contribution < -0.4 is 5.32 Å². The number of hydrogen-bond donors (Lipinski definition) is 2. The van der Waals surface area contributed by atoms with Gasteiger partial charge in [0.2, 0.25) is 0 Å². The molecule has 0 aromatic rings. The lowest BCUT2D eigenvalue weighted by atomic mass is 9.86. The molecule has 0 bridgehead atoms. The average Bonchev–Trinajstić information content (AvgIpc) is 2.83. The minimum atomic E-state index is -0.696. The molecule has 1 fully saturated rings.